The van der Waals surface area contributed by atoms with Crippen LogP contribution in [-0.2, 0) is 11.0 Å². The summed E-state index contributed by atoms with van der Waals surface area (Å²) >= 11 is 0. The summed E-state index contributed by atoms with van der Waals surface area (Å²) in [5.41, 5.74) is 2.64. The van der Waals surface area contributed by atoms with Crippen molar-refractivity contribution in [3.05, 3.63) is 65.2 Å². The number of alkyl halides is 3. The van der Waals surface area contributed by atoms with Crippen molar-refractivity contribution < 1.29 is 22.8 Å². The Bertz CT molecular complexity index is 1070. The first kappa shape index (κ1) is 23.7. The van der Waals surface area contributed by atoms with E-state index in [0.29, 0.717) is 44.0 Å². The van der Waals surface area contributed by atoms with Crippen molar-refractivity contribution in [2.45, 2.75) is 69.1 Å². The third-order valence-corrected chi connectivity index (χ3v) is 7.58. The largest absolute Gasteiger partial charge is 0.416 e. The van der Waals surface area contributed by atoms with Gasteiger partial charge in [-0.2, -0.15) is 13.2 Å². The van der Waals surface area contributed by atoms with Crippen LogP contribution in [0, 0.1) is 0 Å². The van der Waals surface area contributed by atoms with E-state index in [-0.39, 0.29) is 6.03 Å². The van der Waals surface area contributed by atoms with Crippen molar-refractivity contribution in [2.24, 2.45) is 5.16 Å². The molecule has 2 aliphatic heterocycles. The lowest BCUT2D eigenvalue weighted by atomic mass is 9.83. The lowest BCUT2D eigenvalue weighted by molar-refractivity contribution is -0.137. The summed E-state index contributed by atoms with van der Waals surface area (Å²) in [6.45, 7) is 0.992. The molecule has 2 heterocycles. The van der Waals surface area contributed by atoms with E-state index in [1.165, 1.54) is 49.8 Å². The summed E-state index contributed by atoms with van der Waals surface area (Å²) in [6.07, 6.45) is 4.14. The van der Waals surface area contributed by atoms with Crippen LogP contribution in [-0.4, -0.2) is 35.3 Å². The minimum atomic E-state index is -4.40. The minimum absolute atomic E-state index is 0.322. The van der Waals surface area contributed by atoms with Crippen LogP contribution < -0.4 is 5.32 Å². The van der Waals surface area contributed by atoms with E-state index in [2.05, 4.69) is 34.7 Å². The van der Waals surface area contributed by atoms with Crippen molar-refractivity contribution in [2.75, 3.05) is 18.4 Å². The SMILES string of the molecule is O=C(Nc1ccc(C(F)(F)F)cc1)N1CCC2(CC1)CC(c1ccc(C3CCCCC3)cc1)=NO2. The molecular weight excluding hydrogens is 455 g/mol. The van der Waals surface area contributed by atoms with E-state index < -0.39 is 17.3 Å². The molecule has 0 aromatic heterocycles. The number of oxime groups is 1. The summed E-state index contributed by atoms with van der Waals surface area (Å²) in [4.78, 5) is 20.2. The maximum absolute atomic E-state index is 12.7. The highest BCUT2D eigenvalue weighted by Gasteiger charge is 2.43. The summed E-state index contributed by atoms with van der Waals surface area (Å²) in [6, 6.07) is 12.9. The van der Waals surface area contributed by atoms with Crippen molar-refractivity contribution in [3.63, 3.8) is 0 Å². The van der Waals surface area contributed by atoms with Crippen molar-refractivity contribution >= 4 is 17.4 Å². The van der Waals surface area contributed by atoms with Gasteiger partial charge in [0.2, 0.25) is 0 Å². The molecule has 2 amide bonds. The number of hydrogen-bond acceptors (Lipinski definition) is 3. The molecule has 2 fully saturated rings. The molecule has 5 rings (SSSR count). The fourth-order valence-corrected chi connectivity index (χ4v) is 5.39. The standard InChI is InChI=1S/C27H30F3N3O2/c28-27(29,30)22-10-12-23(13-11-22)31-25(34)33-16-14-26(15-17-33)18-24(32-35-26)21-8-6-20(7-9-21)19-4-2-1-3-5-19/h6-13,19H,1-5,14-18H2,(H,31,34). The summed E-state index contributed by atoms with van der Waals surface area (Å²) in [5.74, 6) is 0.670. The van der Waals surface area contributed by atoms with Gasteiger partial charge in [0.25, 0.3) is 0 Å². The molecule has 3 aliphatic rings. The lowest BCUT2D eigenvalue weighted by Crippen LogP contribution is -2.48. The van der Waals surface area contributed by atoms with Crippen molar-refractivity contribution in [1.82, 2.24) is 4.90 Å². The number of nitrogens with one attached hydrogen (secondary N) is 1. The maximum atomic E-state index is 12.7. The Kier molecular flexibility index (Phi) is 6.47. The molecule has 0 radical (unpaired) electrons. The van der Waals surface area contributed by atoms with Gasteiger partial charge >= 0.3 is 12.2 Å². The number of urea groups is 1. The number of anilines is 1. The van der Waals surface area contributed by atoms with E-state index in [0.717, 1.165) is 23.4 Å². The predicted molar refractivity (Wildman–Crippen MR) is 129 cm³/mol. The van der Waals surface area contributed by atoms with Gasteiger partial charge in [0.15, 0.2) is 0 Å². The molecule has 1 N–H and O–H groups in total. The number of carbonyl (C=O) groups is 1. The van der Waals surface area contributed by atoms with Gasteiger partial charge in [0.05, 0.1) is 11.3 Å². The van der Waals surface area contributed by atoms with Gasteiger partial charge in [-0.1, -0.05) is 48.7 Å². The molecule has 2 aromatic carbocycles. The summed E-state index contributed by atoms with van der Waals surface area (Å²) in [5, 5.41) is 7.08. The van der Waals surface area contributed by atoms with Gasteiger partial charge in [0, 0.05) is 38.0 Å². The summed E-state index contributed by atoms with van der Waals surface area (Å²) < 4.78 is 38.2. The molecule has 0 atom stereocenters. The average Bonchev–Trinajstić information content (AvgIpc) is 3.28. The highest BCUT2D eigenvalue weighted by Crippen LogP contribution is 2.37. The first-order valence-corrected chi connectivity index (χ1v) is 12.4. The quantitative estimate of drug-likeness (QED) is 0.512. The van der Waals surface area contributed by atoms with Crippen LogP contribution in [0.2, 0.25) is 0 Å². The van der Waals surface area contributed by atoms with Crippen LogP contribution in [0.4, 0.5) is 23.7 Å². The Balaban J connectivity index is 1.13. The number of halogens is 3. The van der Waals surface area contributed by atoms with Crippen LogP contribution in [0.15, 0.2) is 53.7 Å². The second-order valence-corrected chi connectivity index (χ2v) is 9.94. The van der Waals surface area contributed by atoms with E-state index in [1.54, 1.807) is 4.90 Å². The molecule has 186 valence electrons. The smallest absolute Gasteiger partial charge is 0.388 e. The third kappa shape index (κ3) is 5.31. The number of likely N-dealkylation sites (tertiary alicyclic amines) is 1. The number of nitrogens with zero attached hydrogens (tertiary/aromatic N) is 2. The Labute approximate surface area is 203 Å². The number of hydrogen-bond donors (Lipinski definition) is 1. The van der Waals surface area contributed by atoms with Crippen molar-refractivity contribution in [3.8, 4) is 0 Å². The van der Waals surface area contributed by atoms with E-state index in [9.17, 15) is 18.0 Å². The predicted octanol–water partition coefficient (Wildman–Crippen LogP) is 6.94. The second-order valence-electron chi connectivity index (χ2n) is 9.94. The monoisotopic (exact) mass is 485 g/mol. The molecule has 1 spiro atoms. The van der Waals surface area contributed by atoms with Crippen LogP contribution in [0.25, 0.3) is 0 Å². The first-order valence-electron chi connectivity index (χ1n) is 12.4. The zero-order chi connectivity index (χ0) is 24.5. The molecule has 1 saturated carbocycles. The number of piperidine rings is 1. The summed E-state index contributed by atoms with van der Waals surface area (Å²) in [7, 11) is 0. The molecular formula is C27H30F3N3O2. The minimum Gasteiger partial charge on any atom is -0.388 e. The fraction of sp³-hybridized carbons (Fsp3) is 0.481. The number of carbonyl (C=O) groups excluding carboxylic acids is 1. The maximum Gasteiger partial charge on any atom is 0.416 e. The second kappa shape index (κ2) is 9.55. The zero-order valence-corrected chi connectivity index (χ0v) is 19.6. The number of rotatable bonds is 3. The van der Waals surface area contributed by atoms with Gasteiger partial charge in [-0.25, -0.2) is 4.79 Å². The van der Waals surface area contributed by atoms with Gasteiger partial charge in [0.1, 0.15) is 5.60 Å². The normalized spacial score (nSPS) is 20.4. The lowest BCUT2D eigenvalue weighted by Gasteiger charge is -2.37. The number of benzene rings is 2. The molecule has 0 bridgehead atoms. The van der Waals surface area contributed by atoms with E-state index >= 15 is 0 Å². The Morgan fingerprint density at radius 1 is 0.971 bits per heavy atom. The van der Waals surface area contributed by atoms with Gasteiger partial charge in [-0.05, 0) is 54.2 Å². The van der Waals surface area contributed by atoms with E-state index in [4.69, 9.17) is 4.84 Å². The van der Waals surface area contributed by atoms with Crippen molar-refractivity contribution in [1.29, 1.82) is 0 Å². The van der Waals surface area contributed by atoms with E-state index in [1.807, 2.05) is 0 Å². The van der Waals surface area contributed by atoms with Gasteiger partial charge in [-0.3, -0.25) is 0 Å². The molecule has 35 heavy (non-hydrogen) atoms. The van der Waals surface area contributed by atoms with Gasteiger partial charge in [-0.15, -0.1) is 0 Å². The molecule has 5 nitrogen and oxygen atoms in total. The van der Waals surface area contributed by atoms with Crippen LogP contribution in [0.5, 0.6) is 0 Å². The molecule has 0 unspecified atom stereocenters. The van der Waals surface area contributed by atoms with Gasteiger partial charge < -0.3 is 15.1 Å². The van der Waals surface area contributed by atoms with Crippen LogP contribution in [0.3, 0.4) is 0 Å². The average molecular weight is 486 g/mol. The highest BCUT2D eigenvalue weighted by atomic mass is 19.4. The topological polar surface area (TPSA) is 53.9 Å². The highest BCUT2D eigenvalue weighted by molar-refractivity contribution is 6.01. The number of amides is 2. The molecule has 1 aliphatic carbocycles. The third-order valence-electron chi connectivity index (χ3n) is 7.58. The molecule has 2 aromatic rings. The fourth-order valence-electron chi connectivity index (χ4n) is 5.39. The molecule has 1 saturated heterocycles. The Morgan fingerprint density at radius 2 is 1.63 bits per heavy atom. The first-order chi connectivity index (χ1) is 16.8. The Hall–Kier alpha value is -3.03. The van der Waals surface area contributed by atoms with Crippen LogP contribution in [0.1, 0.15) is 74.0 Å². The molecule has 8 heteroatoms. The Morgan fingerprint density at radius 3 is 2.26 bits per heavy atom. The zero-order valence-electron chi connectivity index (χ0n) is 19.6. The van der Waals surface area contributed by atoms with Crippen LogP contribution >= 0.6 is 0 Å².